The molecular weight excluding hydrogens is 318 g/mol. The molecule has 1 unspecified atom stereocenters. The summed E-state index contributed by atoms with van der Waals surface area (Å²) in [6, 6.07) is 0. The molecule has 0 bridgehead atoms. The normalized spacial score (nSPS) is 14.8. The van der Waals surface area contributed by atoms with Gasteiger partial charge >= 0.3 is 4.83 Å². The van der Waals surface area contributed by atoms with E-state index in [1.807, 2.05) is 0 Å². The number of aliphatic hydroxyl groups is 1. The van der Waals surface area contributed by atoms with Gasteiger partial charge in [-0.25, -0.2) is 0 Å². The van der Waals surface area contributed by atoms with E-state index in [2.05, 4.69) is 31.9 Å². The lowest BCUT2D eigenvalue weighted by Crippen LogP contribution is -2.17. The van der Waals surface area contributed by atoms with Crippen LogP contribution in [-0.4, -0.2) is 9.94 Å². The first-order chi connectivity index (χ1) is 5.43. The molecule has 1 atom stereocenters. The van der Waals surface area contributed by atoms with Crippen molar-refractivity contribution in [2.75, 3.05) is 0 Å². The van der Waals surface area contributed by atoms with Gasteiger partial charge in [0.05, 0.1) is 0 Å². The molecule has 6 heteroatoms. The molecule has 1 aromatic heterocycles. The second-order valence-electron chi connectivity index (χ2n) is 2.12. The van der Waals surface area contributed by atoms with Gasteiger partial charge in [0.25, 0.3) is 0 Å². The third-order valence-electron chi connectivity index (χ3n) is 1.25. The van der Waals surface area contributed by atoms with Gasteiger partial charge in [-0.1, -0.05) is 0 Å². The van der Waals surface area contributed by atoms with E-state index in [4.69, 9.17) is 5.11 Å². The molecule has 12 heavy (non-hydrogen) atoms. The summed E-state index contributed by atoms with van der Waals surface area (Å²) in [5.41, 5.74) is 0.196. The Balaban J connectivity index is 2.92. The van der Waals surface area contributed by atoms with Gasteiger partial charge in [-0.3, -0.25) is 0 Å². The van der Waals surface area contributed by atoms with E-state index in [0.29, 0.717) is 4.47 Å². The number of halogens is 4. The van der Waals surface area contributed by atoms with E-state index < -0.39 is 10.9 Å². The highest BCUT2D eigenvalue weighted by Crippen LogP contribution is 2.40. The molecule has 1 heterocycles. The minimum atomic E-state index is -3.28. The van der Waals surface area contributed by atoms with Crippen molar-refractivity contribution in [1.82, 2.24) is 0 Å². The van der Waals surface area contributed by atoms with E-state index in [-0.39, 0.29) is 5.56 Å². The zero-order chi connectivity index (χ0) is 9.35. The Bertz CT molecular complexity index is 271. The van der Waals surface area contributed by atoms with Gasteiger partial charge in [0.15, 0.2) is 6.10 Å². The minimum Gasteiger partial charge on any atom is -0.381 e. The molecule has 0 saturated carbocycles. The first kappa shape index (κ1) is 10.6. The molecule has 68 valence electrons. The summed E-state index contributed by atoms with van der Waals surface area (Å²) in [5.74, 6) is 0. The van der Waals surface area contributed by atoms with E-state index in [0.717, 1.165) is 0 Å². The third-order valence-corrected chi connectivity index (χ3v) is 3.43. The Hall–Kier alpha value is 0.480. The maximum Gasteiger partial charge on any atom is 0.330 e. The predicted octanol–water partition coefficient (Wildman–Crippen LogP) is 3.53. The molecule has 0 spiro atoms. The molecule has 0 radical (unpaired) electrons. The fraction of sp³-hybridized carbons (Fsp3) is 0.333. The predicted molar refractivity (Wildman–Crippen MR) is 50.9 cm³/mol. The van der Waals surface area contributed by atoms with Crippen LogP contribution in [0.25, 0.3) is 0 Å². The van der Waals surface area contributed by atoms with Crippen LogP contribution in [-0.2, 0) is 0 Å². The van der Waals surface area contributed by atoms with Crippen LogP contribution in [0.2, 0.25) is 0 Å². The summed E-state index contributed by atoms with van der Waals surface area (Å²) in [6.07, 6.45) is -1.81. The maximum absolute atomic E-state index is 12.5. The standard InChI is InChI=1S/C6H4Br2F2OS/c7-4-2-12-1-3(4)5(11)6(8,9)10/h1-2,5,11H. The van der Waals surface area contributed by atoms with Gasteiger partial charge in [0, 0.05) is 15.4 Å². The molecule has 0 aliphatic rings. The number of thiophene rings is 1. The van der Waals surface area contributed by atoms with Crippen molar-refractivity contribution in [1.29, 1.82) is 0 Å². The fourth-order valence-corrected chi connectivity index (χ4v) is 2.44. The topological polar surface area (TPSA) is 20.2 Å². The van der Waals surface area contributed by atoms with Gasteiger partial charge in [-0.15, -0.1) is 0 Å². The van der Waals surface area contributed by atoms with Gasteiger partial charge in [-0.2, -0.15) is 20.1 Å². The second-order valence-corrected chi connectivity index (χ2v) is 4.77. The Morgan fingerprint density at radius 2 is 2.08 bits per heavy atom. The summed E-state index contributed by atoms with van der Waals surface area (Å²) in [6.45, 7) is 0. The van der Waals surface area contributed by atoms with E-state index >= 15 is 0 Å². The Morgan fingerprint density at radius 3 is 2.42 bits per heavy atom. The average molecular weight is 322 g/mol. The van der Waals surface area contributed by atoms with Crippen molar-refractivity contribution in [3.05, 3.63) is 20.8 Å². The maximum atomic E-state index is 12.5. The SMILES string of the molecule is OC(c1cscc1Br)C(F)(F)Br. The number of hydrogen-bond donors (Lipinski definition) is 1. The first-order valence-corrected chi connectivity index (χ1v) is 5.42. The lowest BCUT2D eigenvalue weighted by Gasteiger charge is -2.15. The molecule has 0 amide bonds. The largest absolute Gasteiger partial charge is 0.381 e. The quantitative estimate of drug-likeness (QED) is 0.826. The lowest BCUT2D eigenvalue weighted by atomic mass is 10.2. The van der Waals surface area contributed by atoms with Crippen LogP contribution in [0.5, 0.6) is 0 Å². The molecule has 0 aliphatic carbocycles. The van der Waals surface area contributed by atoms with Gasteiger partial charge < -0.3 is 5.11 Å². The molecule has 0 fully saturated rings. The van der Waals surface area contributed by atoms with Crippen molar-refractivity contribution in [3.63, 3.8) is 0 Å². The van der Waals surface area contributed by atoms with Crippen LogP contribution in [0.4, 0.5) is 8.78 Å². The number of alkyl halides is 3. The number of hydrogen-bond acceptors (Lipinski definition) is 2. The monoisotopic (exact) mass is 320 g/mol. The van der Waals surface area contributed by atoms with E-state index in [1.165, 1.54) is 16.7 Å². The first-order valence-electron chi connectivity index (χ1n) is 2.89. The molecule has 0 aromatic carbocycles. The van der Waals surface area contributed by atoms with Crippen LogP contribution in [0, 0.1) is 0 Å². The van der Waals surface area contributed by atoms with E-state index in [1.54, 1.807) is 5.38 Å². The molecule has 0 aliphatic heterocycles. The van der Waals surface area contributed by atoms with Crippen LogP contribution in [0.3, 0.4) is 0 Å². The highest BCUT2D eigenvalue weighted by atomic mass is 79.9. The summed E-state index contributed by atoms with van der Waals surface area (Å²) in [7, 11) is 0. The lowest BCUT2D eigenvalue weighted by molar-refractivity contribution is -0.0295. The number of aliphatic hydroxyl groups excluding tert-OH is 1. The molecule has 1 N–H and O–H groups in total. The van der Waals surface area contributed by atoms with Gasteiger partial charge in [0.2, 0.25) is 0 Å². The van der Waals surface area contributed by atoms with Crippen LogP contribution >= 0.6 is 43.2 Å². The van der Waals surface area contributed by atoms with Crippen molar-refractivity contribution < 1.29 is 13.9 Å². The third kappa shape index (κ3) is 2.25. The zero-order valence-electron chi connectivity index (χ0n) is 5.60. The minimum absolute atomic E-state index is 0.196. The molecule has 1 nitrogen and oxygen atoms in total. The highest BCUT2D eigenvalue weighted by molar-refractivity contribution is 9.10. The Morgan fingerprint density at radius 1 is 1.50 bits per heavy atom. The molecular formula is C6H4Br2F2OS. The summed E-state index contributed by atoms with van der Waals surface area (Å²) < 4.78 is 25.5. The fourth-order valence-electron chi connectivity index (χ4n) is 0.663. The highest BCUT2D eigenvalue weighted by Gasteiger charge is 2.37. The second kappa shape index (κ2) is 3.69. The van der Waals surface area contributed by atoms with Crippen molar-refractivity contribution >= 4 is 43.2 Å². The van der Waals surface area contributed by atoms with Crippen molar-refractivity contribution in [2.24, 2.45) is 0 Å². The van der Waals surface area contributed by atoms with Crippen LogP contribution in [0.15, 0.2) is 15.2 Å². The summed E-state index contributed by atoms with van der Waals surface area (Å²) >= 11 is 6.41. The average Bonchev–Trinajstić information content (AvgIpc) is 2.31. The summed E-state index contributed by atoms with van der Waals surface area (Å²) in [4.78, 5) is -3.28. The van der Waals surface area contributed by atoms with Gasteiger partial charge in [0.1, 0.15) is 0 Å². The molecule has 1 rings (SSSR count). The zero-order valence-corrected chi connectivity index (χ0v) is 9.59. The van der Waals surface area contributed by atoms with Crippen molar-refractivity contribution in [2.45, 2.75) is 10.9 Å². The van der Waals surface area contributed by atoms with Gasteiger partial charge in [-0.05, 0) is 37.2 Å². The van der Waals surface area contributed by atoms with Crippen LogP contribution < -0.4 is 0 Å². The summed E-state index contributed by atoms with van der Waals surface area (Å²) in [5, 5.41) is 12.2. The van der Waals surface area contributed by atoms with Crippen LogP contribution in [0.1, 0.15) is 11.7 Å². The smallest absolute Gasteiger partial charge is 0.330 e. The molecule has 0 saturated heterocycles. The Kier molecular flexibility index (Phi) is 3.25. The number of rotatable bonds is 2. The van der Waals surface area contributed by atoms with Crippen molar-refractivity contribution in [3.8, 4) is 0 Å². The van der Waals surface area contributed by atoms with E-state index in [9.17, 15) is 8.78 Å². The Labute approximate surface area is 88.7 Å². The molecule has 1 aromatic rings.